The van der Waals surface area contributed by atoms with E-state index in [-0.39, 0.29) is 41.6 Å². The SMILES string of the molecule is CN=C(NCC1CCN(S(C)(=O)=O)C1)NC1CCN(c2c(F)cccc2F)C1.I. The van der Waals surface area contributed by atoms with E-state index in [0.29, 0.717) is 38.7 Å². The van der Waals surface area contributed by atoms with E-state index >= 15 is 0 Å². The zero-order valence-electron chi connectivity index (χ0n) is 16.6. The summed E-state index contributed by atoms with van der Waals surface area (Å²) < 4.78 is 52.7. The third-order valence-corrected chi connectivity index (χ3v) is 6.55. The lowest BCUT2D eigenvalue weighted by atomic mass is 10.1. The van der Waals surface area contributed by atoms with Gasteiger partial charge in [-0.1, -0.05) is 6.07 Å². The fourth-order valence-corrected chi connectivity index (χ4v) is 4.68. The van der Waals surface area contributed by atoms with Gasteiger partial charge in [-0.15, -0.1) is 24.0 Å². The summed E-state index contributed by atoms with van der Waals surface area (Å²) in [4.78, 5) is 5.91. The van der Waals surface area contributed by atoms with Crippen molar-refractivity contribution in [2.24, 2.45) is 10.9 Å². The summed E-state index contributed by atoms with van der Waals surface area (Å²) in [6.07, 6.45) is 2.77. The van der Waals surface area contributed by atoms with E-state index in [1.54, 1.807) is 11.9 Å². The molecule has 0 amide bonds. The molecular weight excluding hydrogens is 515 g/mol. The minimum atomic E-state index is -3.14. The molecule has 1 aromatic carbocycles. The smallest absolute Gasteiger partial charge is 0.211 e. The lowest BCUT2D eigenvalue weighted by molar-refractivity contribution is 0.458. The third-order valence-electron chi connectivity index (χ3n) is 5.28. The summed E-state index contributed by atoms with van der Waals surface area (Å²) in [6.45, 7) is 2.70. The number of para-hydroxylation sites is 1. The number of aliphatic imine (C=N–C) groups is 1. The Labute approximate surface area is 188 Å². The van der Waals surface area contributed by atoms with Crippen LogP contribution >= 0.6 is 24.0 Å². The van der Waals surface area contributed by atoms with Crippen molar-refractivity contribution in [2.75, 3.05) is 50.9 Å². The van der Waals surface area contributed by atoms with Crippen molar-refractivity contribution < 1.29 is 17.2 Å². The van der Waals surface area contributed by atoms with Crippen molar-refractivity contribution in [3.8, 4) is 0 Å². The van der Waals surface area contributed by atoms with Gasteiger partial charge >= 0.3 is 0 Å². The molecule has 2 unspecified atom stereocenters. The highest BCUT2D eigenvalue weighted by Gasteiger charge is 2.30. The maximum Gasteiger partial charge on any atom is 0.211 e. The number of nitrogens with one attached hydrogen (secondary N) is 2. The zero-order valence-corrected chi connectivity index (χ0v) is 19.7. The Morgan fingerprint density at radius 2 is 1.90 bits per heavy atom. The van der Waals surface area contributed by atoms with Gasteiger partial charge in [0.25, 0.3) is 0 Å². The molecule has 2 aliphatic rings. The first-order valence-electron chi connectivity index (χ1n) is 9.39. The van der Waals surface area contributed by atoms with Gasteiger partial charge in [0.2, 0.25) is 10.0 Å². The van der Waals surface area contributed by atoms with Crippen LogP contribution in [0.1, 0.15) is 12.8 Å². The minimum absolute atomic E-state index is 0. The highest BCUT2D eigenvalue weighted by molar-refractivity contribution is 14.0. The Bertz CT molecular complexity index is 819. The molecule has 164 valence electrons. The molecule has 0 radical (unpaired) electrons. The highest BCUT2D eigenvalue weighted by atomic mass is 127. The summed E-state index contributed by atoms with van der Waals surface area (Å²) in [7, 11) is -1.48. The standard InChI is InChI=1S/C18H27F2N5O2S.HI/c1-21-18(22-10-13-6-9-25(11-13)28(2,26)27)23-14-7-8-24(12-14)17-15(19)4-3-5-16(17)20;/h3-5,13-14H,6-12H2,1-2H3,(H2,21,22,23);1H. The average molecular weight is 543 g/mol. The van der Waals surface area contributed by atoms with Crippen LogP contribution in [0, 0.1) is 17.6 Å². The molecule has 0 aromatic heterocycles. The Kier molecular flexibility index (Phi) is 8.47. The van der Waals surface area contributed by atoms with Gasteiger partial charge in [-0.2, -0.15) is 0 Å². The van der Waals surface area contributed by atoms with Gasteiger partial charge in [0, 0.05) is 45.8 Å². The van der Waals surface area contributed by atoms with Crippen molar-refractivity contribution in [3.63, 3.8) is 0 Å². The van der Waals surface area contributed by atoms with Crippen LogP contribution in [0.15, 0.2) is 23.2 Å². The van der Waals surface area contributed by atoms with Crippen molar-refractivity contribution in [1.82, 2.24) is 14.9 Å². The van der Waals surface area contributed by atoms with Crippen LogP contribution in [0.25, 0.3) is 0 Å². The topological polar surface area (TPSA) is 77.0 Å². The monoisotopic (exact) mass is 543 g/mol. The fraction of sp³-hybridized carbons (Fsp3) is 0.611. The molecule has 3 rings (SSSR count). The molecule has 1 aromatic rings. The average Bonchev–Trinajstić information content (AvgIpc) is 3.28. The molecule has 0 spiro atoms. The predicted octanol–water partition coefficient (Wildman–Crippen LogP) is 1.61. The number of anilines is 1. The van der Waals surface area contributed by atoms with Crippen molar-refractivity contribution in [2.45, 2.75) is 18.9 Å². The van der Waals surface area contributed by atoms with E-state index in [1.165, 1.54) is 28.8 Å². The third kappa shape index (κ3) is 6.14. The first-order chi connectivity index (χ1) is 13.3. The second-order valence-electron chi connectivity index (χ2n) is 7.38. The maximum atomic E-state index is 14.0. The molecule has 2 fully saturated rings. The van der Waals surface area contributed by atoms with Crippen LogP contribution < -0.4 is 15.5 Å². The number of halogens is 3. The number of sulfonamides is 1. The Hall–Kier alpha value is -1.21. The second kappa shape index (κ2) is 10.2. The molecule has 2 saturated heterocycles. The Morgan fingerprint density at radius 3 is 2.48 bits per heavy atom. The van der Waals surface area contributed by atoms with Gasteiger partial charge in [-0.05, 0) is 30.9 Å². The zero-order chi connectivity index (χ0) is 20.3. The normalized spacial score (nSPS) is 23.2. The van der Waals surface area contributed by atoms with Gasteiger partial charge in [0.1, 0.15) is 17.3 Å². The molecular formula is C18H28F2IN5O2S. The van der Waals surface area contributed by atoms with Crippen molar-refractivity contribution >= 4 is 45.6 Å². The van der Waals surface area contributed by atoms with E-state index in [4.69, 9.17) is 0 Å². The summed E-state index contributed by atoms with van der Waals surface area (Å²) in [5.74, 6) is -0.279. The maximum absolute atomic E-state index is 14.0. The van der Waals surface area contributed by atoms with Gasteiger partial charge in [0.15, 0.2) is 5.96 Å². The van der Waals surface area contributed by atoms with Crippen molar-refractivity contribution in [1.29, 1.82) is 0 Å². The van der Waals surface area contributed by atoms with Crippen LogP contribution in [0.3, 0.4) is 0 Å². The molecule has 0 bridgehead atoms. The minimum Gasteiger partial charge on any atom is -0.365 e. The Balaban J connectivity index is 0.00000300. The van der Waals surface area contributed by atoms with E-state index in [9.17, 15) is 17.2 Å². The molecule has 0 aliphatic carbocycles. The molecule has 2 N–H and O–H groups in total. The summed E-state index contributed by atoms with van der Waals surface area (Å²) in [6, 6.07) is 3.91. The largest absolute Gasteiger partial charge is 0.365 e. The molecule has 2 heterocycles. The first-order valence-corrected chi connectivity index (χ1v) is 11.2. The fourth-order valence-electron chi connectivity index (χ4n) is 3.77. The van der Waals surface area contributed by atoms with Crippen LogP contribution in [-0.2, 0) is 10.0 Å². The lowest BCUT2D eigenvalue weighted by Crippen LogP contribution is -2.46. The van der Waals surface area contributed by atoms with E-state index in [0.717, 1.165) is 12.8 Å². The number of hydrogen-bond donors (Lipinski definition) is 2. The van der Waals surface area contributed by atoms with Gasteiger partial charge in [-0.25, -0.2) is 21.5 Å². The predicted molar refractivity (Wildman–Crippen MR) is 121 cm³/mol. The molecule has 2 atom stereocenters. The van der Waals surface area contributed by atoms with E-state index in [2.05, 4.69) is 15.6 Å². The van der Waals surface area contributed by atoms with Crippen LogP contribution in [0.5, 0.6) is 0 Å². The number of rotatable bonds is 5. The second-order valence-corrected chi connectivity index (χ2v) is 9.36. The van der Waals surface area contributed by atoms with Gasteiger partial charge in [0.05, 0.1) is 6.26 Å². The highest BCUT2D eigenvalue weighted by Crippen LogP contribution is 2.26. The molecule has 2 aliphatic heterocycles. The molecule has 29 heavy (non-hydrogen) atoms. The van der Waals surface area contributed by atoms with E-state index in [1.807, 2.05) is 0 Å². The number of benzene rings is 1. The van der Waals surface area contributed by atoms with Gasteiger partial charge in [-0.3, -0.25) is 4.99 Å². The van der Waals surface area contributed by atoms with Crippen LogP contribution in [-0.4, -0.2) is 70.8 Å². The van der Waals surface area contributed by atoms with Crippen LogP contribution in [0.2, 0.25) is 0 Å². The Morgan fingerprint density at radius 1 is 1.21 bits per heavy atom. The van der Waals surface area contributed by atoms with Crippen molar-refractivity contribution in [3.05, 3.63) is 29.8 Å². The van der Waals surface area contributed by atoms with Crippen LogP contribution in [0.4, 0.5) is 14.5 Å². The molecule has 7 nitrogen and oxygen atoms in total. The summed E-state index contributed by atoms with van der Waals surface area (Å²) in [5, 5.41) is 6.53. The molecule has 0 saturated carbocycles. The number of nitrogens with zero attached hydrogens (tertiary/aromatic N) is 3. The number of hydrogen-bond acceptors (Lipinski definition) is 4. The lowest BCUT2D eigenvalue weighted by Gasteiger charge is -2.22. The number of guanidine groups is 1. The van der Waals surface area contributed by atoms with E-state index < -0.39 is 21.7 Å². The first kappa shape index (κ1) is 24.1. The van der Waals surface area contributed by atoms with Gasteiger partial charge < -0.3 is 15.5 Å². The molecule has 11 heteroatoms. The summed E-state index contributed by atoms with van der Waals surface area (Å²) >= 11 is 0. The quantitative estimate of drug-likeness (QED) is 0.336. The summed E-state index contributed by atoms with van der Waals surface area (Å²) in [5.41, 5.74) is 0.0153.